The first kappa shape index (κ1) is 9.21. The van der Waals surface area contributed by atoms with Crippen LogP contribution >= 0.6 is 0 Å². The number of nitrogens with zero attached hydrogens (tertiary/aromatic N) is 2. The Morgan fingerprint density at radius 1 is 1.50 bits per heavy atom. The van der Waals surface area contributed by atoms with E-state index in [1.54, 1.807) is 0 Å². The summed E-state index contributed by atoms with van der Waals surface area (Å²) in [5.74, 6) is 0. The minimum absolute atomic E-state index is 0.361. The first-order valence-corrected chi connectivity index (χ1v) is 4.98. The highest BCUT2D eigenvalue weighted by Gasteiger charge is 2.09. The minimum atomic E-state index is 0.361. The lowest BCUT2D eigenvalue weighted by Crippen LogP contribution is -2.17. The van der Waals surface area contributed by atoms with Gasteiger partial charge in [0.25, 0.3) is 0 Å². The molecule has 0 aliphatic heterocycles. The monoisotopic (exact) mass is 189 g/mol. The van der Waals surface area contributed by atoms with Crippen LogP contribution in [-0.2, 0) is 0 Å². The van der Waals surface area contributed by atoms with Gasteiger partial charge in [0.2, 0.25) is 0 Å². The molecular formula is C11H15N3. The smallest absolute Gasteiger partial charge is 0.0709 e. The number of nitrogens with one attached hydrogen (secondary N) is 1. The number of hydrogen-bond acceptors (Lipinski definition) is 2. The number of aromatic nitrogens is 2. The molecule has 0 saturated carbocycles. The molecule has 0 fully saturated rings. The maximum Gasteiger partial charge on any atom is 0.0709 e. The fourth-order valence-corrected chi connectivity index (χ4v) is 1.70. The quantitative estimate of drug-likeness (QED) is 0.800. The molecule has 3 heteroatoms. The molecule has 0 amide bonds. The van der Waals surface area contributed by atoms with E-state index in [0.29, 0.717) is 6.04 Å². The molecule has 0 saturated heterocycles. The van der Waals surface area contributed by atoms with Crippen LogP contribution in [0.5, 0.6) is 0 Å². The molecule has 0 radical (unpaired) electrons. The van der Waals surface area contributed by atoms with E-state index in [2.05, 4.69) is 30.3 Å². The number of rotatable bonds is 3. The molecule has 2 heterocycles. The van der Waals surface area contributed by atoms with Crippen LogP contribution < -0.4 is 5.32 Å². The third kappa shape index (κ3) is 1.51. The van der Waals surface area contributed by atoms with Gasteiger partial charge in [-0.15, -0.1) is 0 Å². The van der Waals surface area contributed by atoms with Gasteiger partial charge in [0.05, 0.1) is 11.7 Å². The van der Waals surface area contributed by atoms with E-state index in [0.717, 1.165) is 6.54 Å². The minimum Gasteiger partial charge on any atom is -0.310 e. The van der Waals surface area contributed by atoms with Crippen molar-refractivity contribution in [1.29, 1.82) is 0 Å². The zero-order chi connectivity index (χ0) is 9.97. The number of hydrogen-bond donors (Lipinski definition) is 1. The van der Waals surface area contributed by atoms with Gasteiger partial charge in [-0.05, 0) is 25.6 Å². The topological polar surface area (TPSA) is 29.3 Å². The molecule has 1 N–H and O–H groups in total. The third-order valence-electron chi connectivity index (χ3n) is 2.43. The van der Waals surface area contributed by atoms with Gasteiger partial charge in [-0.2, -0.15) is 5.10 Å². The van der Waals surface area contributed by atoms with Crippen LogP contribution in [0.3, 0.4) is 0 Å². The second kappa shape index (κ2) is 3.80. The molecular weight excluding hydrogens is 174 g/mol. The molecule has 0 aliphatic rings. The average Bonchev–Trinajstić information content (AvgIpc) is 2.61. The van der Waals surface area contributed by atoms with Crippen molar-refractivity contribution in [2.45, 2.75) is 19.9 Å². The Labute approximate surface area is 83.7 Å². The average molecular weight is 189 g/mol. The first-order chi connectivity index (χ1) is 6.83. The van der Waals surface area contributed by atoms with Crippen LogP contribution in [0.1, 0.15) is 25.5 Å². The summed E-state index contributed by atoms with van der Waals surface area (Å²) in [7, 11) is 0. The van der Waals surface area contributed by atoms with E-state index in [1.807, 2.05) is 29.0 Å². The Bertz CT molecular complexity index is 419. The Kier molecular flexibility index (Phi) is 2.50. The lowest BCUT2D eigenvalue weighted by Gasteiger charge is -2.10. The highest BCUT2D eigenvalue weighted by molar-refractivity contribution is 5.54. The van der Waals surface area contributed by atoms with Gasteiger partial charge in [-0.25, -0.2) is 4.52 Å². The summed E-state index contributed by atoms with van der Waals surface area (Å²) >= 11 is 0. The van der Waals surface area contributed by atoms with Crippen molar-refractivity contribution in [3.63, 3.8) is 0 Å². The highest BCUT2D eigenvalue weighted by Crippen LogP contribution is 2.17. The second-order valence-electron chi connectivity index (χ2n) is 3.41. The van der Waals surface area contributed by atoms with Gasteiger partial charge in [0.15, 0.2) is 0 Å². The molecule has 3 nitrogen and oxygen atoms in total. The van der Waals surface area contributed by atoms with E-state index in [-0.39, 0.29) is 0 Å². The van der Waals surface area contributed by atoms with Crippen LogP contribution in [0.4, 0.5) is 0 Å². The van der Waals surface area contributed by atoms with Crippen molar-refractivity contribution < 1.29 is 0 Å². The van der Waals surface area contributed by atoms with Crippen LogP contribution in [0.15, 0.2) is 30.6 Å². The molecule has 0 spiro atoms. The second-order valence-corrected chi connectivity index (χ2v) is 3.41. The highest BCUT2D eigenvalue weighted by atomic mass is 15.2. The molecule has 2 aromatic rings. The molecule has 74 valence electrons. The van der Waals surface area contributed by atoms with Gasteiger partial charge in [-0.1, -0.05) is 13.0 Å². The van der Waals surface area contributed by atoms with E-state index >= 15 is 0 Å². The Morgan fingerprint density at radius 2 is 2.36 bits per heavy atom. The maximum absolute atomic E-state index is 4.30. The summed E-state index contributed by atoms with van der Waals surface area (Å²) in [6.45, 7) is 5.25. The van der Waals surface area contributed by atoms with Gasteiger partial charge in [0, 0.05) is 17.8 Å². The van der Waals surface area contributed by atoms with E-state index in [1.165, 1.54) is 11.1 Å². The lowest BCUT2D eigenvalue weighted by molar-refractivity contribution is 0.601. The van der Waals surface area contributed by atoms with Crippen LogP contribution in [-0.4, -0.2) is 16.2 Å². The molecule has 0 bridgehead atoms. The van der Waals surface area contributed by atoms with Gasteiger partial charge in [0.1, 0.15) is 0 Å². The predicted octanol–water partition coefficient (Wildman–Crippen LogP) is 2.00. The van der Waals surface area contributed by atoms with E-state index in [4.69, 9.17) is 0 Å². The SMILES string of the molecule is CCNC(C)c1cnn2ccccc12. The molecule has 0 aromatic carbocycles. The fourth-order valence-electron chi connectivity index (χ4n) is 1.70. The standard InChI is InChI=1S/C11H15N3/c1-3-12-9(2)10-8-13-14-7-5-4-6-11(10)14/h4-9,12H,3H2,1-2H3. The molecule has 2 aromatic heterocycles. The van der Waals surface area contributed by atoms with Gasteiger partial charge < -0.3 is 5.32 Å². The van der Waals surface area contributed by atoms with Gasteiger partial charge in [-0.3, -0.25) is 0 Å². The number of pyridine rings is 1. The van der Waals surface area contributed by atoms with Crippen molar-refractivity contribution in [2.24, 2.45) is 0 Å². The summed E-state index contributed by atoms with van der Waals surface area (Å²) < 4.78 is 1.91. The summed E-state index contributed by atoms with van der Waals surface area (Å²) in [5, 5.41) is 7.69. The molecule has 0 aliphatic carbocycles. The Hall–Kier alpha value is -1.35. The zero-order valence-electron chi connectivity index (χ0n) is 8.57. The van der Waals surface area contributed by atoms with Crippen molar-refractivity contribution >= 4 is 5.52 Å². The Balaban J connectivity index is 2.42. The molecule has 2 rings (SSSR count). The number of fused-ring (bicyclic) bond motifs is 1. The Morgan fingerprint density at radius 3 is 3.14 bits per heavy atom. The molecule has 1 atom stereocenters. The normalized spacial score (nSPS) is 13.3. The van der Waals surface area contributed by atoms with Crippen molar-refractivity contribution in [1.82, 2.24) is 14.9 Å². The summed E-state index contributed by atoms with van der Waals surface area (Å²) in [6, 6.07) is 6.48. The van der Waals surface area contributed by atoms with Gasteiger partial charge >= 0.3 is 0 Å². The van der Waals surface area contributed by atoms with E-state index in [9.17, 15) is 0 Å². The zero-order valence-corrected chi connectivity index (χ0v) is 8.57. The predicted molar refractivity (Wildman–Crippen MR) is 57.3 cm³/mol. The van der Waals surface area contributed by atoms with E-state index < -0.39 is 0 Å². The van der Waals surface area contributed by atoms with Crippen molar-refractivity contribution in [3.05, 3.63) is 36.2 Å². The van der Waals surface area contributed by atoms with Crippen LogP contribution in [0, 0.1) is 0 Å². The summed E-state index contributed by atoms with van der Waals surface area (Å²) in [6.07, 6.45) is 3.90. The fraction of sp³-hybridized carbons (Fsp3) is 0.364. The van der Waals surface area contributed by atoms with Crippen LogP contribution in [0.25, 0.3) is 5.52 Å². The summed E-state index contributed by atoms with van der Waals surface area (Å²) in [5.41, 5.74) is 2.44. The summed E-state index contributed by atoms with van der Waals surface area (Å²) in [4.78, 5) is 0. The lowest BCUT2D eigenvalue weighted by atomic mass is 10.1. The van der Waals surface area contributed by atoms with Crippen molar-refractivity contribution in [2.75, 3.05) is 6.54 Å². The first-order valence-electron chi connectivity index (χ1n) is 4.98. The van der Waals surface area contributed by atoms with Crippen molar-refractivity contribution in [3.8, 4) is 0 Å². The third-order valence-corrected chi connectivity index (χ3v) is 2.43. The molecule has 14 heavy (non-hydrogen) atoms. The van der Waals surface area contributed by atoms with Crippen LogP contribution in [0.2, 0.25) is 0 Å². The largest absolute Gasteiger partial charge is 0.310 e. The maximum atomic E-state index is 4.30. The molecule has 1 unspecified atom stereocenters.